The number of nitriles is 1. The lowest BCUT2D eigenvalue weighted by atomic mass is 10.2. The monoisotopic (exact) mass is 409 g/mol. The fourth-order valence-electron chi connectivity index (χ4n) is 2.48. The van der Waals surface area contributed by atoms with Gasteiger partial charge in [-0.25, -0.2) is 0 Å². The minimum Gasteiger partial charge on any atom is -0.411 e. The van der Waals surface area contributed by atoms with Gasteiger partial charge >= 0.3 is 0 Å². The fourth-order valence-corrected chi connectivity index (χ4v) is 3.12. The summed E-state index contributed by atoms with van der Waals surface area (Å²) in [6.45, 7) is 0.289. The second kappa shape index (κ2) is 9.48. The number of hydrogen-bond acceptors (Lipinski definition) is 8. The summed E-state index contributed by atoms with van der Waals surface area (Å²) in [4.78, 5) is 24.4. The number of nitro benzene ring substituents is 1. The fraction of sp³-hybridized carbons (Fsp3) is 0.158. The molecule has 0 aliphatic heterocycles. The van der Waals surface area contributed by atoms with E-state index >= 15 is 0 Å². The number of amides is 1. The average Bonchev–Trinajstić information content (AvgIpc) is 3.22. The van der Waals surface area contributed by atoms with Crippen LogP contribution >= 0.6 is 11.8 Å². The molecule has 0 radical (unpaired) electrons. The standard InChI is InChI=1S/C19H15N5O4S/c20-11-4-12-23(15-5-2-1-3-6-15)17(25)13-29-19-22-21-18(28-19)14-7-9-16(10-8-14)24(26)27/h1-3,5-10H,4,12-13H2. The van der Waals surface area contributed by atoms with Gasteiger partial charge in [-0.1, -0.05) is 30.0 Å². The van der Waals surface area contributed by atoms with Crippen LogP contribution < -0.4 is 4.90 Å². The van der Waals surface area contributed by atoms with Crippen LogP contribution in [-0.2, 0) is 4.79 Å². The van der Waals surface area contributed by atoms with E-state index in [9.17, 15) is 14.9 Å². The quantitative estimate of drug-likeness (QED) is 0.313. The molecule has 3 rings (SSSR count). The molecule has 0 N–H and O–H groups in total. The number of carbonyl (C=O) groups excluding carboxylic acids is 1. The molecule has 3 aromatic rings. The van der Waals surface area contributed by atoms with E-state index in [1.54, 1.807) is 17.0 Å². The predicted molar refractivity (Wildman–Crippen MR) is 106 cm³/mol. The zero-order chi connectivity index (χ0) is 20.6. The Morgan fingerprint density at radius 2 is 1.90 bits per heavy atom. The first kappa shape index (κ1) is 20.0. The topological polar surface area (TPSA) is 126 Å². The number of thioether (sulfide) groups is 1. The molecule has 0 saturated carbocycles. The zero-order valence-corrected chi connectivity index (χ0v) is 15.9. The van der Waals surface area contributed by atoms with Crippen LogP contribution in [-0.4, -0.2) is 33.3 Å². The first-order chi connectivity index (χ1) is 14.1. The van der Waals surface area contributed by atoms with E-state index in [4.69, 9.17) is 9.68 Å². The van der Waals surface area contributed by atoms with Crippen LogP contribution in [0.25, 0.3) is 11.5 Å². The van der Waals surface area contributed by atoms with Gasteiger partial charge < -0.3 is 9.32 Å². The van der Waals surface area contributed by atoms with E-state index in [1.807, 2.05) is 24.3 Å². The van der Waals surface area contributed by atoms with Gasteiger partial charge in [-0.15, -0.1) is 10.2 Å². The maximum Gasteiger partial charge on any atom is 0.277 e. The first-order valence-electron chi connectivity index (χ1n) is 8.52. The smallest absolute Gasteiger partial charge is 0.277 e. The summed E-state index contributed by atoms with van der Waals surface area (Å²) in [5.74, 6) is 0.0770. The maximum atomic E-state index is 12.6. The second-order valence-corrected chi connectivity index (χ2v) is 6.68. The summed E-state index contributed by atoms with van der Waals surface area (Å²) in [6, 6.07) is 16.9. The summed E-state index contributed by atoms with van der Waals surface area (Å²) in [5.41, 5.74) is 1.22. The minimum atomic E-state index is -0.491. The number of anilines is 1. The Morgan fingerprint density at radius 3 is 2.55 bits per heavy atom. The average molecular weight is 409 g/mol. The number of rotatable bonds is 8. The van der Waals surface area contributed by atoms with Crippen molar-refractivity contribution < 1.29 is 14.1 Å². The van der Waals surface area contributed by atoms with Crippen molar-refractivity contribution in [1.29, 1.82) is 5.26 Å². The number of carbonyl (C=O) groups is 1. The normalized spacial score (nSPS) is 10.3. The van der Waals surface area contributed by atoms with Crippen molar-refractivity contribution in [3.05, 3.63) is 64.7 Å². The number of aromatic nitrogens is 2. The van der Waals surface area contributed by atoms with Crippen molar-refractivity contribution in [2.75, 3.05) is 17.2 Å². The lowest BCUT2D eigenvalue weighted by molar-refractivity contribution is -0.384. The molecule has 146 valence electrons. The third-order valence-electron chi connectivity index (χ3n) is 3.87. The highest BCUT2D eigenvalue weighted by molar-refractivity contribution is 7.99. The van der Waals surface area contributed by atoms with E-state index in [2.05, 4.69) is 10.2 Å². The molecule has 2 aromatic carbocycles. The van der Waals surface area contributed by atoms with Gasteiger partial charge in [0.15, 0.2) is 0 Å². The molecule has 10 heteroatoms. The van der Waals surface area contributed by atoms with Crippen molar-refractivity contribution >= 4 is 29.0 Å². The van der Waals surface area contributed by atoms with Gasteiger partial charge in [-0.2, -0.15) is 5.26 Å². The highest BCUT2D eigenvalue weighted by Gasteiger charge is 2.18. The Hall–Kier alpha value is -3.71. The van der Waals surface area contributed by atoms with E-state index in [0.29, 0.717) is 11.3 Å². The minimum absolute atomic E-state index is 0.0353. The molecule has 0 atom stereocenters. The summed E-state index contributed by atoms with van der Waals surface area (Å²) in [7, 11) is 0. The van der Waals surface area contributed by atoms with Crippen molar-refractivity contribution in [1.82, 2.24) is 10.2 Å². The van der Waals surface area contributed by atoms with Gasteiger partial charge in [0.05, 0.1) is 23.2 Å². The molecule has 0 spiro atoms. The molecule has 1 aromatic heterocycles. The van der Waals surface area contributed by atoms with Crippen LogP contribution in [0.15, 0.2) is 64.2 Å². The molecule has 0 fully saturated rings. The Labute approximate surface area is 170 Å². The zero-order valence-electron chi connectivity index (χ0n) is 15.1. The number of nitro groups is 1. The van der Waals surface area contributed by atoms with Crippen molar-refractivity contribution in [3.63, 3.8) is 0 Å². The Bertz CT molecular complexity index is 1030. The molecular formula is C19H15N5O4S. The Morgan fingerprint density at radius 1 is 1.17 bits per heavy atom. The number of benzene rings is 2. The molecule has 0 bridgehead atoms. The van der Waals surface area contributed by atoms with Gasteiger partial charge in [0, 0.05) is 29.9 Å². The van der Waals surface area contributed by atoms with Crippen LogP contribution in [0.2, 0.25) is 0 Å². The molecule has 0 aliphatic carbocycles. The lowest BCUT2D eigenvalue weighted by Gasteiger charge is -2.21. The third kappa shape index (κ3) is 5.18. The number of nitrogens with zero attached hydrogens (tertiary/aromatic N) is 5. The summed E-state index contributed by atoms with van der Waals surface area (Å²) >= 11 is 1.09. The molecule has 9 nitrogen and oxygen atoms in total. The van der Waals surface area contributed by atoms with Crippen LogP contribution in [0.1, 0.15) is 6.42 Å². The third-order valence-corrected chi connectivity index (χ3v) is 4.67. The molecule has 1 heterocycles. The van der Waals surface area contributed by atoms with E-state index in [-0.39, 0.29) is 41.4 Å². The van der Waals surface area contributed by atoms with Gasteiger partial charge in [-0.3, -0.25) is 14.9 Å². The van der Waals surface area contributed by atoms with Crippen LogP contribution in [0.5, 0.6) is 0 Å². The second-order valence-electron chi connectivity index (χ2n) is 5.75. The first-order valence-corrected chi connectivity index (χ1v) is 9.50. The number of non-ortho nitro benzene ring substituents is 1. The SMILES string of the molecule is N#CCCN(C(=O)CSc1nnc(-c2ccc([N+](=O)[O-])cc2)o1)c1ccccc1. The van der Waals surface area contributed by atoms with E-state index < -0.39 is 4.92 Å². The number of para-hydroxylation sites is 1. The highest BCUT2D eigenvalue weighted by Crippen LogP contribution is 2.25. The van der Waals surface area contributed by atoms with Crippen molar-refractivity contribution in [2.24, 2.45) is 0 Å². The number of hydrogen-bond donors (Lipinski definition) is 0. The largest absolute Gasteiger partial charge is 0.411 e. The van der Waals surface area contributed by atoms with Gasteiger partial charge in [0.1, 0.15) is 0 Å². The molecule has 1 amide bonds. The van der Waals surface area contributed by atoms with Gasteiger partial charge in [-0.05, 0) is 24.3 Å². The Kier molecular flexibility index (Phi) is 6.55. The van der Waals surface area contributed by atoms with Crippen molar-refractivity contribution in [2.45, 2.75) is 11.6 Å². The van der Waals surface area contributed by atoms with Crippen LogP contribution in [0.4, 0.5) is 11.4 Å². The summed E-state index contributed by atoms with van der Waals surface area (Å²) < 4.78 is 5.53. The van der Waals surface area contributed by atoms with Gasteiger partial charge in [0.25, 0.3) is 10.9 Å². The van der Waals surface area contributed by atoms with Crippen LogP contribution in [0, 0.1) is 21.4 Å². The molecule has 29 heavy (non-hydrogen) atoms. The highest BCUT2D eigenvalue weighted by atomic mass is 32.2. The summed E-state index contributed by atoms with van der Waals surface area (Å²) in [5, 5.41) is 27.6. The molecule has 0 saturated heterocycles. The van der Waals surface area contributed by atoms with E-state index in [1.165, 1.54) is 24.3 Å². The predicted octanol–water partition coefficient (Wildman–Crippen LogP) is 3.68. The van der Waals surface area contributed by atoms with Gasteiger partial charge in [0.2, 0.25) is 11.8 Å². The van der Waals surface area contributed by atoms with Crippen LogP contribution in [0.3, 0.4) is 0 Å². The summed E-state index contributed by atoms with van der Waals surface area (Å²) in [6.07, 6.45) is 0.218. The molecule has 0 unspecified atom stereocenters. The van der Waals surface area contributed by atoms with E-state index in [0.717, 1.165) is 11.8 Å². The van der Waals surface area contributed by atoms with Crippen molar-refractivity contribution in [3.8, 4) is 17.5 Å². The maximum absolute atomic E-state index is 12.6. The lowest BCUT2D eigenvalue weighted by Crippen LogP contribution is -2.33. The molecular weight excluding hydrogens is 394 g/mol. The molecule has 0 aliphatic rings. The Balaban J connectivity index is 1.65.